The maximum absolute atomic E-state index is 8.83. The van der Waals surface area contributed by atoms with E-state index in [-0.39, 0.29) is 12.6 Å². The zero-order chi connectivity index (χ0) is 13.0. The number of thiazole rings is 1. The average Bonchev–Trinajstić information content (AvgIpc) is 2.79. The minimum Gasteiger partial charge on any atom is -0.395 e. The quantitative estimate of drug-likeness (QED) is 0.868. The van der Waals surface area contributed by atoms with Crippen molar-refractivity contribution in [2.45, 2.75) is 19.9 Å². The molecule has 2 N–H and O–H groups in total. The molecule has 0 spiro atoms. The number of aliphatic hydroxyl groups excluding tert-OH is 1. The molecule has 5 heteroatoms. The van der Waals surface area contributed by atoms with Crippen LogP contribution >= 0.6 is 11.3 Å². The van der Waals surface area contributed by atoms with Crippen molar-refractivity contribution in [3.05, 3.63) is 35.1 Å². The number of nitrogens with one attached hydrogen (secondary N) is 1. The first kappa shape index (κ1) is 13.1. The van der Waals surface area contributed by atoms with Crippen LogP contribution in [-0.2, 0) is 0 Å². The summed E-state index contributed by atoms with van der Waals surface area (Å²) in [5.41, 5.74) is 2.09. The second-order valence-corrected chi connectivity index (χ2v) is 5.14. The summed E-state index contributed by atoms with van der Waals surface area (Å²) in [6, 6.07) is 4.14. The summed E-state index contributed by atoms with van der Waals surface area (Å²) in [6.45, 7) is 4.85. The monoisotopic (exact) mass is 263 g/mol. The molecule has 0 unspecified atom stereocenters. The molecule has 4 nitrogen and oxygen atoms in total. The first-order chi connectivity index (χ1) is 8.72. The molecule has 2 aromatic rings. The smallest absolute Gasteiger partial charge is 0.125 e. The minimum absolute atomic E-state index is 0.150. The third kappa shape index (κ3) is 2.93. The summed E-state index contributed by atoms with van der Waals surface area (Å²) in [5.74, 6) is 0. The molecule has 0 aliphatic rings. The van der Waals surface area contributed by atoms with Crippen molar-refractivity contribution in [3.8, 4) is 10.6 Å². The first-order valence-electron chi connectivity index (χ1n) is 5.94. The number of nitrogens with zero attached hydrogens (tertiary/aromatic N) is 2. The molecule has 2 rings (SSSR count). The molecule has 2 aromatic heterocycles. The Balaban J connectivity index is 2.22. The Morgan fingerprint density at radius 1 is 1.50 bits per heavy atom. The third-order valence-corrected chi connectivity index (χ3v) is 4.09. The normalized spacial score (nSPS) is 12.6. The largest absolute Gasteiger partial charge is 0.395 e. The lowest BCUT2D eigenvalue weighted by Gasteiger charge is -2.10. The highest BCUT2D eigenvalue weighted by Gasteiger charge is 2.14. The second kappa shape index (κ2) is 6.04. The van der Waals surface area contributed by atoms with Gasteiger partial charge in [-0.25, -0.2) is 4.98 Å². The van der Waals surface area contributed by atoms with Gasteiger partial charge in [-0.2, -0.15) is 0 Å². The Labute approximate surface area is 111 Å². The summed E-state index contributed by atoms with van der Waals surface area (Å²) in [4.78, 5) is 9.91. The maximum Gasteiger partial charge on any atom is 0.125 e. The molecule has 0 radical (unpaired) electrons. The molecule has 1 atom stereocenters. The highest BCUT2D eigenvalue weighted by Crippen LogP contribution is 2.31. The van der Waals surface area contributed by atoms with Crippen molar-refractivity contribution < 1.29 is 5.11 Å². The van der Waals surface area contributed by atoms with E-state index in [2.05, 4.69) is 22.2 Å². The lowest BCUT2D eigenvalue weighted by atomic mass is 10.2. The fourth-order valence-corrected chi connectivity index (χ4v) is 2.88. The molecule has 0 aromatic carbocycles. The lowest BCUT2D eigenvalue weighted by molar-refractivity contribution is 0.286. The van der Waals surface area contributed by atoms with E-state index in [1.165, 1.54) is 4.88 Å². The Kier molecular flexibility index (Phi) is 4.41. The van der Waals surface area contributed by atoms with Crippen LogP contribution in [0.3, 0.4) is 0 Å². The molecule has 0 aliphatic carbocycles. The van der Waals surface area contributed by atoms with Gasteiger partial charge >= 0.3 is 0 Å². The fraction of sp³-hybridized carbons (Fsp3) is 0.385. The molecule has 0 saturated heterocycles. The van der Waals surface area contributed by atoms with Crippen LogP contribution in [0.15, 0.2) is 24.5 Å². The second-order valence-electron chi connectivity index (χ2n) is 4.11. The number of hydrogen-bond donors (Lipinski definition) is 2. The van der Waals surface area contributed by atoms with Gasteiger partial charge in [-0.1, -0.05) is 0 Å². The highest BCUT2D eigenvalue weighted by molar-refractivity contribution is 7.15. The zero-order valence-corrected chi connectivity index (χ0v) is 11.4. The molecule has 0 saturated carbocycles. The molecule has 0 amide bonds. The maximum atomic E-state index is 8.83. The van der Waals surface area contributed by atoms with Gasteiger partial charge in [0, 0.05) is 35.4 Å². The van der Waals surface area contributed by atoms with Gasteiger partial charge in [-0.3, -0.25) is 4.98 Å². The van der Waals surface area contributed by atoms with E-state index < -0.39 is 0 Å². The molecule has 0 bridgehead atoms. The molecule has 2 heterocycles. The number of aryl methyl sites for hydroxylation is 1. The number of pyridine rings is 1. The Morgan fingerprint density at radius 3 is 3.00 bits per heavy atom. The van der Waals surface area contributed by atoms with E-state index in [0.717, 1.165) is 16.3 Å². The van der Waals surface area contributed by atoms with Crippen LogP contribution in [0.1, 0.15) is 23.5 Å². The summed E-state index contributed by atoms with van der Waals surface area (Å²) in [7, 11) is 0. The molecular formula is C13H17N3OS. The fourth-order valence-electron chi connectivity index (χ4n) is 1.80. The van der Waals surface area contributed by atoms with Gasteiger partial charge in [-0.15, -0.1) is 11.3 Å². The molecular weight excluding hydrogens is 246 g/mol. The van der Waals surface area contributed by atoms with Gasteiger partial charge in [0.05, 0.1) is 12.3 Å². The van der Waals surface area contributed by atoms with Crippen molar-refractivity contribution in [1.82, 2.24) is 15.3 Å². The van der Waals surface area contributed by atoms with Crippen molar-refractivity contribution in [1.29, 1.82) is 0 Å². The number of aliphatic hydroxyl groups is 1. The van der Waals surface area contributed by atoms with Crippen LogP contribution in [0.25, 0.3) is 10.6 Å². The van der Waals surface area contributed by atoms with Crippen LogP contribution in [0.5, 0.6) is 0 Å². The van der Waals surface area contributed by atoms with Gasteiger partial charge in [0.2, 0.25) is 0 Å². The van der Waals surface area contributed by atoms with Gasteiger partial charge in [0.25, 0.3) is 0 Å². The van der Waals surface area contributed by atoms with Crippen LogP contribution in [0.4, 0.5) is 0 Å². The van der Waals surface area contributed by atoms with E-state index in [0.29, 0.717) is 6.54 Å². The Morgan fingerprint density at radius 2 is 2.33 bits per heavy atom. The van der Waals surface area contributed by atoms with E-state index in [4.69, 9.17) is 5.11 Å². The van der Waals surface area contributed by atoms with E-state index in [9.17, 15) is 0 Å². The summed E-state index contributed by atoms with van der Waals surface area (Å²) >= 11 is 1.68. The molecule has 96 valence electrons. The van der Waals surface area contributed by atoms with Crippen LogP contribution in [0.2, 0.25) is 0 Å². The van der Waals surface area contributed by atoms with E-state index in [1.54, 1.807) is 17.5 Å². The SMILES string of the molecule is Cc1nc(-c2cccnc2)sc1[C@H](C)NCCO. The summed E-state index contributed by atoms with van der Waals surface area (Å²) in [5, 5.41) is 13.1. The number of hydrogen-bond acceptors (Lipinski definition) is 5. The highest BCUT2D eigenvalue weighted by atomic mass is 32.1. The van der Waals surface area contributed by atoms with Gasteiger partial charge < -0.3 is 10.4 Å². The Hall–Kier alpha value is -1.30. The van der Waals surface area contributed by atoms with Crippen LogP contribution < -0.4 is 5.32 Å². The van der Waals surface area contributed by atoms with E-state index in [1.807, 2.05) is 25.3 Å². The van der Waals surface area contributed by atoms with Crippen molar-refractivity contribution in [2.75, 3.05) is 13.2 Å². The molecule has 0 aliphatic heterocycles. The zero-order valence-electron chi connectivity index (χ0n) is 10.6. The summed E-state index contributed by atoms with van der Waals surface area (Å²) < 4.78 is 0. The van der Waals surface area contributed by atoms with Crippen LogP contribution in [-0.4, -0.2) is 28.2 Å². The third-order valence-electron chi connectivity index (χ3n) is 2.70. The molecule has 18 heavy (non-hydrogen) atoms. The van der Waals surface area contributed by atoms with Gasteiger partial charge in [-0.05, 0) is 26.0 Å². The number of aromatic nitrogens is 2. The lowest BCUT2D eigenvalue weighted by Crippen LogP contribution is -2.21. The van der Waals surface area contributed by atoms with E-state index >= 15 is 0 Å². The van der Waals surface area contributed by atoms with Gasteiger partial charge in [0.1, 0.15) is 5.01 Å². The number of rotatable bonds is 5. The first-order valence-corrected chi connectivity index (χ1v) is 6.76. The average molecular weight is 263 g/mol. The standard InChI is InChI=1S/C13H17N3OS/c1-9(15-6-7-17)12-10(2)16-13(18-12)11-4-3-5-14-8-11/h3-5,8-9,15,17H,6-7H2,1-2H3/t9-/m0/s1. The van der Waals surface area contributed by atoms with Crippen molar-refractivity contribution in [3.63, 3.8) is 0 Å². The van der Waals surface area contributed by atoms with Crippen molar-refractivity contribution in [2.24, 2.45) is 0 Å². The Bertz CT molecular complexity index is 498. The van der Waals surface area contributed by atoms with Crippen LogP contribution in [0, 0.1) is 6.92 Å². The topological polar surface area (TPSA) is 58.0 Å². The predicted molar refractivity (Wildman–Crippen MR) is 73.6 cm³/mol. The van der Waals surface area contributed by atoms with Gasteiger partial charge in [0.15, 0.2) is 0 Å². The minimum atomic E-state index is 0.150. The predicted octanol–water partition coefficient (Wildman–Crippen LogP) is 2.16. The van der Waals surface area contributed by atoms with Crippen molar-refractivity contribution >= 4 is 11.3 Å². The summed E-state index contributed by atoms with van der Waals surface area (Å²) in [6.07, 6.45) is 3.59. The molecule has 0 fully saturated rings.